The van der Waals surface area contributed by atoms with Gasteiger partial charge in [0.2, 0.25) is 6.10 Å². The van der Waals surface area contributed by atoms with Gasteiger partial charge in [0.15, 0.2) is 11.5 Å². The van der Waals surface area contributed by atoms with Crippen LogP contribution in [0.15, 0.2) is 60.9 Å². The van der Waals surface area contributed by atoms with Crippen LogP contribution in [0.25, 0.3) is 0 Å². The number of methoxy groups -OCH3 is 1. The summed E-state index contributed by atoms with van der Waals surface area (Å²) in [7, 11) is 1.28. The summed E-state index contributed by atoms with van der Waals surface area (Å²) in [6.07, 6.45) is 0.371. The topological polar surface area (TPSA) is 84.0 Å². The van der Waals surface area contributed by atoms with E-state index in [0.717, 1.165) is 0 Å². The Labute approximate surface area is 215 Å². The van der Waals surface area contributed by atoms with Crippen molar-refractivity contribution in [1.82, 2.24) is 4.98 Å². The van der Waals surface area contributed by atoms with Gasteiger partial charge in [0.1, 0.15) is 6.10 Å². The lowest BCUT2D eigenvalue weighted by Gasteiger charge is -2.24. The van der Waals surface area contributed by atoms with E-state index in [9.17, 15) is 18.4 Å². The lowest BCUT2D eigenvalue weighted by atomic mass is 10.0. The zero-order valence-electron chi connectivity index (χ0n) is 19.1. The van der Waals surface area contributed by atoms with Gasteiger partial charge in [-0.2, -0.15) is 8.78 Å². The number of alkyl halides is 2. The van der Waals surface area contributed by atoms with Gasteiger partial charge in [0.05, 0.1) is 17.2 Å². The Morgan fingerprint density at radius 1 is 0.944 bits per heavy atom. The van der Waals surface area contributed by atoms with Crippen molar-refractivity contribution in [2.24, 2.45) is 0 Å². The quantitative estimate of drug-likeness (QED) is 0.286. The number of esters is 2. The molecule has 1 aromatic heterocycles. The molecule has 0 N–H and O–H groups in total. The second-order valence-corrected chi connectivity index (χ2v) is 8.21. The number of halogens is 4. The van der Waals surface area contributed by atoms with Crippen LogP contribution < -0.4 is 9.47 Å². The van der Waals surface area contributed by atoms with Crippen LogP contribution in [0.5, 0.6) is 11.5 Å². The number of benzene rings is 2. The van der Waals surface area contributed by atoms with Crippen molar-refractivity contribution in [3.05, 3.63) is 87.7 Å². The van der Waals surface area contributed by atoms with Gasteiger partial charge in [-0.15, -0.1) is 0 Å². The first kappa shape index (κ1) is 27.2. The maximum Gasteiger partial charge on any atom is 0.387 e. The minimum atomic E-state index is -3.07. The summed E-state index contributed by atoms with van der Waals surface area (Å²) >= 11 is 12.6. The summed E-state index contributed by atoms with van der Waals surface area (Å²) in [4.78, 5) is 28.9. The Morgan fingerprint density at radius 3 is 2.19 bits per heavy atom. The number of ether oxygens (including phenoxy) is 4. The molecule has 0 aliphatic carbocycles. The molecule has 1 heterocycles. The summed E-state index contributed by atoms with van der Waals surface area (Å²) in [6.45, 7) is -1.90. The lowest BCUT2D eigenvalue weighted by molar-refractivity contribution is -0.171. The molecule has 0 saturated heterocycles. The van der Waals surface area contributed by atoms with Crippen LogP contribution in [0.3, 0.4) is 0 Å². The van der Waals surface area contributed by atoms with Gasteiger partial charge >= 0.3 is 18.6 Å². The number of pyridine rings is 1. The Bertz CT molecular complexity index is 1190. The fourth-order valence-electron chi connectivity index (χ4n) is 3.37. The van der Waals surface area contributed by atoms with Crippen molar-refractivity contribution < 1.29 is 37.3 Å². The minimum Gasteiger partial charge on any atom is -0.493 e. The molecule has 36 heavy (non-hydrogen) atoms. The fraction of sp³-hybridized carbons (Fsp3) is 0.240. The molecule has 190 valence electrons. The largest absolute Gasteiger partial charge is 0.493 e. The van der Waals surface area contributed by atoms with Gasteiger partial charge in [0, 0.05) is 31.3 Å². The van der Waals surface area contributed by atoms with Gasteiger partial charge < -0.3 is 18.9 Å². The van der Waals surface area contributed by atoms with E-state index in [1.165, 1.54) is 44.6 Å². The van der Waals surface area contributed by atoms with Crippen LogP contribution in [-0.4, -0.2) is 30.6 Å². The Balaban J connectivity index is 2.01. The number of nitrogens with zero attached hydrogens (tertiary/aromatic N) is 1. The maximum atomic E-state index is 13.3. The molecule has 2 aromatic carbocycles. The lowest BCUT2D eigenvalue weighted by Crippen LogP contribution is -2.24. The van der Waals surface area contributed by atoms with Crippen molar-refractivity contribution in [1.29, 1.82) is 0 Å². The molecule has 0 bridgehead atoms. The van der Waals surface area contributed by atoms with E-state index < -0.39 is 30.8 Å². The Hall–Kier alpha value is -3.43. The second kappa shape index (κ2) is 12.5. The molecular formula is C25H21Cl2F2NO6. The van der Waals surface area contributed by atoms with Crippen molar-refractivity contribution >= 4 is 35.1 Å². The Morgan fingerprint density at radius 2 is 1.61 bits per heavy atom. The van der Waals surface area contributed by atoms with Gasteiger partial charge in [-0.1, -0.05) is 59.6 Å². The van der Waals surface area contributed by atoms with Gasteiger partial charge in [-0.3, -0.25) is 9.78 Å². The molecule has 0 spiro atoms. The molecule has 0 radical (unpaired) electrons. The third kappa shape index (κ3) is 7.05. The summed E-state index contributed by atoms with van der Waals surface area (Å²) in [5, 5.41) is 0.459. The first-order valence-corrected chi connectivity index (χ1v) is 11.3. The number of carbonyl (C=O) groups excluding carboxylic acids is 2. The van der Waals surface area contributed by atoms with Crippen LogP contribution in [0, 0.1) is 0 Å². The number of rotatable bonds is 10. The molecule has 0 saturated carbocycles. The predicted octanol–water partition coefficient (Wildman–Crippen LogP) is 6.13. The highest BCUT2D eigenvalue weighted by Gasteiger charge is 2.30. The number of aromatic nitrogens is 1. The van der Waals surface area contributed by atoms with Crippen molar-refractivity contribution in [2.45, 2.75) is 32.2 Å². The summed E-state index contributed by atoms with van der Waals surface area (Å²) in [6, 6.07) is 12.4. The molecule has 3 aromatic rings. The van der Waals surface area contributed by atoms with Gasteiger partial charge in [0.25, 0.3) is 0 Å². The molecule has 3 rings (SSSR count). The Kier molecular flexibility index (Phi) is 9.44. The molecule has 0 aliphatic rings. The first-order chi connectivity index (χ1) is 17.2. The van der Waals surface area contributed by atoms with E-state index in [-0.39, 0.29) is 28.0 Å². The molecule has 0 amide bonds. The smallest absolute Gasteiger partial charge is 0.387 e. The highest BCUT2D eigenvalue weighted by atomic mass is 35.5. The van der Waals surface area contributed by atoms with Gasteiger partial charge in [-0.25, -0.2) is 4.79 Å². The summed E-state index contributed by atoms with van der Waals surface area (Å²) in [5.74, 6) is -1.77. The van der Waals surface area contributed by atoms with E-state index in [4.69, 9.17) is 37.4 Å². The van der Waals surface area contributed by atoms with E-state index in [1.54, 1.807) is 30.3 Å². The summed E-state index contributed by atoms with van der Waals surface area (Å²) < 4.78 is 46.2. The van der Waals surface area contributed by atoms with Crippen LogP contribution >= 0.6 is 23.2 Å². The van der Waals surface area contributed by atoms with E-state index >= 15 is 0 Å². The third-order valence-electron chi connectivity index (χ3n) is 4.98. The fourth-order valence-corrected chi connectivity index (χ4v) is 3.89. The maximum absolute atomic E-state index is 13.3. The van der Waals surface area contributed by atoms with Crippen LogP contribution in [0.4, 0.5) is 8.78 Å². The standard InChI is InChI=1S/C25H21Cl2F2NO6/c1-14(31)34-23(15-6-4-3-5-7-15)24(32)35-21(11-17-18(26)12-30-13-19(17)27)16-8-9-20(36-25(28)29)22(10-16)33-2/h3-10,12-13,21,23,25H,11H2,1-2H3. The molecule has 2 atom stereocenters. The molecule has 0 aliphatic heterocycles. The van der Waals surface area contributed by atoms with E-state index in [2.05, 4.69) is 9.72 Å². The predicted molar refractivity (Wildman–Crippen MR) is 127 cm³/mol. The van der Waals surface area contributed by atoms with Crippen molar-refractivity contribution in [2.75, 3.05) is 7.11 Å². The second-order valence-electron chi connectivity index (χ2n) is 7.40. The van der Waals surface area contributed by atoms with Crippen LogP contribution in [-0.2, 0) is 25.5 Å². The first-order valence-electron chi connectivity index (χ1n) is 10.5. The molecule has 0 fully saturated rings. The zero-order valence-corrected chi connectivity index (χ0v) is 20.6. The van der Waals surface area contributed by atoms with Crippen molar-refractivity contribution in [3.8, 4) is 11.5 Å². The van der Waals surface area contributed by atoms with Crippen LogP contribution in [0.2, 0.25) is 10.0 Å². The van der Waals surface area contributed by atoms with Gasteiger partial charge in [-0.05, 0) is 23.3 Å². The van der Waals surface area contributed by atoms with Crippen molar-refractivity contribution in [3.63, 3.8) is 0 Å². The third-order valence-corrected chi connectivity index (χ3v) is 5.63. The van der Waals surface area contributed by atoms with E-state index in [0.29, 0.717) is 16.7 Å². The number of carbonyl (C=O) groups is 2. The van der Waals surface area contributed by atoms with E-state index in [1.807, 2.05) is 0 Å². The monoisotopic (exact) mass is 539 g/mol. The number of hydrogen-bond donors (Lipinski definition) is 0. The molecule has 2 unspecified atom stereocenters. The highest BCUT2D eigenvalue weighted by molar-refractivity contribution is 6.35. The average Bonchev–Trinajstić information content (AvgIpc) is 2.84. The average molecular weight is 540 g/mol. The zero-order chi connectivity index (χ0) is 26.2. The number of hydrogen-bond acceptors (Lipinski definition) is 7. The van der Waals surface area contributed by atoms with Crippen LogP contribution in [0.1, 0.15) is 35.8 Å². The highest BCUT2D eigenvalue weighted by Crippen LogP contribution is 2.36. The molecule has 7 nitrogen and oxygen atoms in total. The SMILES string of the molecule is COc1cc(C(Cc2c(Cl)cncc2Cl)OC(=O)C(OC(C)=O)c2ccccc2)ccc1OC(F)F. The summed E-state index contributed by atoms with van der Waals surface area (Å²) in [5.41, 5.74) is 1.19. The molecular weight excluding hydrogens is 519 g/mol. The minimum absolute atomic E-state index is 0.00822. The normalized spacial score (nSPS) is 12.5. The molecule has 11 heteroatoms.